The van der Waals surface area contributed by atoms with E-state index in [2.05, 4.69) is 20.8 Å². The van der Waals surface area contributed by atoms with Crippen molar-refractivity contribution < 1.29 is 4.74 Å². The second-order valence-corrected chi connectivity index (χ2v) is 4.52. The molecule has 1 aliphatic heterocycles. The summed E-state index contributed by atoms with van der Waals surface area (Å²) in [6.07, 6.45) is 3.26. The summed E-state index contributed by atoms with van der Waals surface area (Å²) in [6, 6.07) is 0. The van der Waals surface area contributed by atoms with Gasteiger partial charge in [-0.25, -0.2) is 0 Å². The Morgan fingerprint density at radius 2 is 2.18 bits per heavy atom. The monoisotopic (exact) mass is 154 g/mol. The molecule has 1 heterocycles. The molecule has 0 N–H and O–H groups in total. The summed E-state index contributed by atoms with van der Waals surface area (Å²) in [4.78, 5) is 0. The largest absolute Gasteiger partial charge is 0.378 e. The number of rotatable bonds is 1. The minimum Gasteiger partial charge on any atom is -0.378 e. The Kier molecular flexibility index (Phi) is 1.54. The van der Waals surface area contributed by atoms with Gasteiger partial charge in [-0.1, -0.05) is 13.8 Å². The van der Waals surface area contributed by atoms with Crippen molar-refractivity contribution >= 4 is 0 Å². The van der Waals surface area contributed by atoms with E-state index in [1.807, 2.05) is 0 Å². The predicted octanol–water partition coefficient (Wildman–Crippen LogP) is 2.46. The molecule has 1 nitrogen and oxygen atoms in total. The van der Waals surface area contributed by atoms with Gasteiger partial charge in [0.15, 0.2) is 0 Å². The summed E-state index contributed by atoms with van der Waals surface area (Å²) < 4.78 is 5.61. The van der Waals surface area contributed by atoms with Crippen LogP contribution in [0.2, 0.25) is 0 Å². The van der Waals surface area contributed by atoms with Gasteiger partial charge < -0.3 is 4.74 Å². The normalized spacial score (nSPS) is 49.1. The molecule has 0 aromatic heterocycles. The fourth-order valence-corrected chi connectivity index (χ4v) is 2.77. The second kappa shape index (κ2) is 2.22. The van der Waals surface area contributed by atoms with Crippen molar-refractivity contribution in [2.75, 3.05) is 6.61 Å². The highest BCUT2D eigenvalue weighted by Gasteiger charge is 2.59. The van der Waals surface area contributed by atoms with Crippen molar-refractivity contribution in [3.05, 3.63) is 0 Å². The van der Waals surface area contributed by atoms with Gasteiger partial charge in [-0.3, -0.25) is 0 Å². The van der Waals surface area contributed by atoms with Gasteiger partial charge in [0.2, 0.25) is 0 Å². The zero-order valence-corrected chi connectivity index (χ0v) is 7.76. The van der Waals surface area contributed by atoms with Gasteiger partial charge in [-0.15, -0.1) is 0 Å². The number of ether oxygens (including phenoxy) is 1. The molecule has 1 aliphatic carbocycles. The Hall–Kier alpha value is -0.0400. The van der Waals surface area contributed by atoms with Gasteiger partial charge in [0, 0.05) is 6.61 Å². The summed E-state index contributed by atoms with van der Waals surface area (Å²) in [6.45, 7) is 7.94. The van der Waals surface area contributed by atoms with Crippen molar-refractivity contribution in [2.24, 2.45) is 17.3 Å². The quantitative estimate of drug-likeness (QED) is 0.563. The Morgan fingerprint density at radius 1 is 1.45 bits per heavy atom. The minimum absolute atomic E-state index is 0.533. The minimum atomic E-state index is 0.533. The van der Waals surface area contributed by atoms with E-state index in [0.717, 1.165) is 18.4 Å². The molecule has 1 saturated carbocycles. The Balaban J connectivity index is 2.09. The first-order valence-electron chi connectivity index (χ1n) is 4.78. The summed E-state index contributed by atoms with van der Waals surface area (Å²) in [5.74, 6) is 1.75. The van der Waals surface area contributed by atoms with E-state index in [9.17, 15) is 0 Å². The van der Waals surface area contributed by atoms with E-state index in [1.165, 1.54) is 12.8 Å². The van der Waals surface area contributed by atoms with Crippen LogP contribution in [0.25, 0.3) is 0 Å². The molecule has 2 fully saturated rings. The molecule has 1 heteroatoms. The van der Waals surface area contributed by atoms with Gasteiger partial charge in [0.25, 0.3) is 0 Å². The van der Waals surface area contributed by atoms with E-state index in [4.69, 9.17) is 4.74 Å². The SMILES string of the molecule is CC(C)[C@]12CCO[C@H](C)[C@H]1C2. The fraction of sp³-hybridized carbons (Fsp3) is 1.00. The van der Waals surface area contributed by atoms with E-state index in [0.29, 0.717) is 11.5 Å². The van der Waals surface area contributed by atoms with Gasteiger partial charge >= 0.3 is 0 Å². The summed E-state index contributed by atoms with van der Waals surface area (Å²) in [7, 11) is 0. The lowest BCUT2D eigenvalue weighted by Crippen LogP contribution is -2.28. The highest BCUT2D eigenvalue weighted by Crippen LogP contribution is 2.64. The van der Waals surface area contributed by atoms with Crippen LogP contribution in [0.3, 0.4) is 0 Å². The zero-order chi connectivity index (χ0) is 8.06. The van der Waals surface area contributed by atoms with E-state index < -0.39 is 0 Å². The molecule has 3 atom stereocenters. The first kappa shape index (κ1) is 7.60. The molecular formula is C10H18O. The molecule has 0 unspecified atom stereocenters. The van der Waals surface area contributed by atoms with E-state index in [1.54, 1.807) is 0 Å². The molecule has 64 valence electrons. The molecule has 0 aromatic rings. The maximum absolute atomic E-state index is 5.61. The van der Waals surface area contributed by atoms with Gasteiger partial charge in [-0.2, -0.15) is 0 Å². The molecule has 0 bridgehead atoms. The molecule has 2 aliphatic rings. The van der Waals surface area contributed by atoms with Crippen molar-refractivity contribution in [3.8, 4) is 0 Å². The Bertz CT molecular complexity index is 164. The standard InChI is InChI=1S/C10H18O/c1-7(2)10-4-5-11-8(3)9(10)6-10/h7-9H,4-6H2,1-3H3/t8-,9-,10-/m1/s1. The number of hydrogen-bond donors (Lipinski definition) is 0. The van der Waals surface area contributed by atoms with Crippen LogP contribution in [0.4, 0.5) is 0 Å². The lowest BCUT2D eigenvalue weighted by molar-refractivity contribution is -0.0133. The lowest BCUT2D eigenvalue weighted by Gasteiger charge is -2.29. The Labute approximate surface area is 69.1 Å². The van der Waals surface area contributed by atoms with Crippen molar-refractivity contribution in [1.29, 1.82) is 0 Å². The van der Waals surface area contributed by atoms with Crippen LogP contribution in [0.15, 0.2) is 0 Å². The van der Waals surface area contributed by atoms with Gasteiger partial charge in [-0.05, 0) is 37.0 Å². The molecule has 1 saturated heterocycles. The van der Waals surface area contributed by atoms with Crippen LogP contribution < -0.4 is 0 Å². The molecule has 0 radical (unpaired) electrons. The average molecular weight is 154 g/mol. The first-order valence-corrected chi connectivity index (χ1v) is 4.78. The third kappa shape index (κ3) is 0.936. The van der Waals surface area contributed by atoms with Crippen molar-refractivity contribution in [3.63, 3.8) is 0 Å². The van der Waals surface area contributed by atoms with Crippen LogP contribution >= 0.6 is 0 Å². The highest BCUT2D eigenvalue weighted by atomic mass is 16.5. The molecule has 0 amide bonds. The van der Waals surface area contributed by atoms with Crippen molar-refractivity contribution in [1.82, 2.24) is 0 Å². The maximum Gasteiger partial charge on any atom is 0.0580 e. The highest BCUT2D eigenvalue weighted by molar-refractivity contribution is 5.08. The summed E-state index contributed by atoms with van der Waals surface area (Å²) >= 11 is 0. The lowest BCUT2D eigenvalue weighted by atomic mass is 9.84. The molecule has 11 heavy (non-hydrogen) atoms. The first-order chi connectivity index (χ1) is 5.17. The van der Waals surface area contributed by atoms with Crippen LogP contribution in [-0.2, 0) is 4.74 Å². The smallest absolute Gasteiger partial charge is 0.0580 e. The molecule has 2 rings (SSSR count). The number of hydrogen-bond acceptors (Lipinski definition) is 1. The third-order valence-corrected chi connectivity index (χ3v) is 3.84. The second-order valence-electron chi connectivity index (χ2n) is 4.52. The maximum atomic E-state index is 5.61. The predicted molar refractivity (Wildman–Crippen MR) is 45.4 cm³/mol. The molecular weight excluding hydrogens is 136 g/mol. The van der Waals surface area contributed by atoms with Gasteiger partial charge in [0.1, 0.15) is 0 Å². The van der Waals surface area contributed by atoms with Crippen LogP contribution in [0.5, 0.6) is 0 Å². The fourth-order valence-electron chi connectivity index (χ4n) is 2.77. The van der Waals surface area contributed by atoms with E-state index in [-0.39, 0.29) is 0 Å². The summed E-state index contributed by atoms with van der Waals surface area (Å²) in [5.41, 5.74) is 0.692. The summed E-state index contributed by atoms with van der Waals surface area (Å²) in [5, 5.41) is 0. The van der Waals surface area contributed by atoms with Crippen LogP contribution in [0, 0.1) is 17.3 Å². The topological polar surface area (TPSA) is 9.23 Å². The van der Waals surface area contributed by atoms with Gasteiger partial charge in [0.05, 0.1) is 6.10 Å². The zero-order valence-electron chi connectivity index (χ0n) is 7.76. The third-order valence-electron chi connectivity index (χ3n) is 3.84. The van der Waals surface area contributed by atoms with Crippen LogP contribution in [0.1, 0.15) is 33.6 Å². The Morgan fingerprint density at radius 3 is 2.73 bits per heavy atom. The molecule has 0 aromatic carbocycles. The number of fused-ring (bicyclic) bond motifs is 1. The van der Waals surface area contributed by atoms with Crippen LogP contribution in [-0.4, -0.2) is 12.7 Å². The average Bonchev–Trinajstić information content (AvgIpc) is 2.64. The molecule has 0 spiro atoms. The van der Waals surface area contributed by atoms with Crippen molar-refractivity contribution in [2.45, 2.75) is 39.7 Å². The van der Waals surface area contributed by atoms with E-state index >= 15 is 0 Å².